The minimum Gasteiger partial charge on any atom is -0.332 e. The molecule has 0 bridgehead atoms. The van der Waals surface area contributed by atoms with Gasteiger partial charge < -0.3 is 8.97 Å². The van der Waals surface area contributed by atoms with Crippen molar-refractivity contribution in [3.8, 4) is 22.3 Å². The van der Waals surface area contributed by atoms with E-state index in [0.717, 1.165) is 0 Å². The van der Waals surface area contributed by atoms with Crippen LogP contribution in [0.5, 0.6) is 0 Å². The molecular weight excluding hydrogens is 532 g/mol. The third-order valence-corrected chi connectivity index (χ3v) is 10.3. The first-order valence-electron chi connectivity index (χ1n) is 15.5. The maximum atomic E-state index is 2.58. The largest absolute Gasteiger partial charge is 0.332 e. The molecule has 0 saturated heterocycles. The summed E-state index contributed by atoms with van der Waals surface area (Å²) in [5.74, 6) is 0.358. The highest BCUT2D eigenvalue weighted by atomic mass is 15.0. The van der Waals surface area contributed by atoms with E-state index in [1.165, 1.54) is 87.7 Å². The lowest BCUT2D eigenvalue weighted by atomic mass is 9.87. The number of nitrogens with zero attached hydrogens (tertiary/aromatic N) is 2. The first-order valence-corrected chi connectivity index (χ1v) is 15.5. The minimum atomic E-state index is 0.328. The molecule has 0 N–H and O–H groups in total. The molecule has 0 saturated carbocycles. The zero-order chi connectivity index (χ0) is 28.5. The lowest BCUT2D eigenvalue weighted by molar-refractivity contribution is 0.615. The van der Waals surface area contributed by atoms with Gasteiger partial charge in [-0.2, -0.15) is 0 Å². The van der Waals surface area contributed by atoms with Crippen LogP contribution in [0.4, 0.5) is 0 Å². The summed E-state index contributed by atoms with van der Waals surface area (Å²) >= 11 is 0. The summed E-state index contributed by atoms with van der Waals surface area (Å²) in [6, 6.07) is 45.7. The Bertz CT molecular complexity index is 2720. The zero-order valence-corrected chi connectivity index (χ0v) is 23.9. The second-order valence-electron chi connectivity index (χ2n) is 12.5. The number of rotatable bonds is 2. The Morgan fingerprint density at radius 2 is 1.02 bits per heavy atom. The van der Waals surface area contributed by atoms with E-state index in [1.807, 2.05) is 0 Å². The van der Waals surface area contributed by atoms with Gasteiger partial charge in [-0.1, -0.05) is 97.1 Å². The van der Waals surface area contributed by atoms with Gasteiger partial charge in [-0.15, -0.1) is 0 Å². The molecule has 0 amide bonds. The van der Waals surface area contributed by atoms with Crippen molar-refractivity contribution in [1.29, 1.82) is 0 Å². The first kappa shape index (κ1) is 22.9. The van der Waals surface area contributed by atoms with E-state index in [1.54, 1.807) is 0 Å². The standard InChI is InChI=1S/C42H26N2/c1-2-10-25(11-3-1)26-18-19-40-32(20-26)36-24-28(23-35-31-14-6-9-17-39(31)44(40)42(35)36)27-21-33-29-12-4-7-15-37(29)43-38-16-8-5-13-30(38)34(22-27)41(33)43/h1-24,29,37H. The molecule has 44 heavy (non-hydrogen) atoms. The molecule has 2 aliphatic rings. The first-order chi connectivity index (χ1) is 21.8. The molecule has 11 rings (SSSR count). The van der Waals surface area contributed by atoms with E-state index in [-0.39, 0.29) is 0 Å². The number of allylic oxidation sites excluding steroid dienone is 4. The predicted molar refractivity (Wildman–Crippen MR) is 185 cm³/mol. The number of hydrogen-bond acceptors (Lipinski definition) is 0. The molecule has 3 aromatic heterocycles. The summed E-state index contributed by atoms with van der Waals surface area (Å²) in [6.45, 7) is 0. The summed E-state index contributed by atoms with van der Waals surface area (Å²) in [5.41, 5.74) is 13.1. The molecule has 2 heteroatoms. The maximum Gasteiger partial charge on any atom is 0.0630 e. The van der Waals surface area contributed by atoms with Crippen LogP contribution in [0.2, 0.25) is 0 Å². The number of aromatic nitrogens is 2. The molecule has 0 fully saturated rings. The van der Waals surface area contributed by atoms with Gasteiger partial charge in [-0.3, -0.25) is 0 Å². The van der Waals surface area contributed by atoms with Crippen LogP contribution in [0.25, 0.3) is 82.2 Å². The van der Waals surface area contributed by atoms with E-state index in [2.05, 4.69) is 155 Å². The highest BCUT2D eigenvalue weighted by Gasteiger charge is 2.34. The molecule has 9 aromatic rings. The van der Waals surface area contributed by atoms with Gasteiger partial charge in [0.05, 0.1) is 28.1 Å². The number of fused-ring (bicyclic) bond motifs is 12. The Hall–Kier alpha value is -5.60. The molecule has 1 aliphatic heterocycles. The number of benzene rings is 6. The lowest BCUT2D eigenvalue weighted by Gasteiger charge is -2.20. The lowest BCUT2D eigenvalue weighted by Crippen LogP contribution is -2.08. The molecule has 2 atom stereocenters. The Morgan fingerprint density at radius 1 is 0.409 bits per heavy atom. The minimum absolute atomic E-state index is 0.328. The molecule has 0 radical (unpaired) electrons. The van der Waals surface area contributed by atoms with E-state index >= 15 is 0 Å². The van der Waals surface area contributed by atoms with Crippen molar-refractivity contribution in [1.82, 2.24) is 8.97 Å². The molecule has 2 nitrogen and oxygen atoms in total. The molecule has 2 unspecified atom stereocenters. The molecule has 6 aromatic carbocycles. The number of para-hydroxylation sites is 2. The van der Waals surface area contributed by atoms with Gasteiger partial charge in [0.1, 0.15) is 0 Å². The topological polar surface area (TPSA) is 9.34 Å². The average Bonchev–Trinajstić information content (AvgIpc) is 3.81. The van der Waals surface area contributed by atoms with E-state index in [4.69, 9.17) is 0 Å². The van der Waals surface area contributed by atoms with Crippen LogP contribution < -0.4 is 0 Å². The highest BCUT2D eigenvalue weighted by Crippen LogP contribution is 2.51. The normalized spacial score (nSPS) is 17.4. The van der Waals surface area contributed by atoms with Crippen molar-refractivity contribution in [2.45, 2.75) is 12.0 Å². The smallest absolute Gasteiger partial charge is 0.0630 e. The molecule has 4 heterocycles. The quantitative estimate of drug-likeness (QED) is 0.200. The van der Waals surface area contributed by atoms with Crippen LogP contribution in [-0.2, 0) is 0 Å². The van der Waals surface area contributed by atoms with Crippen molar-refractivity contribution < 1.29 is 0 Å². The SMILES string of the molecule is C1=CC2c3cc(-c4cc5c6ccccc6n6c7ccc(-c8ccccc8)cc7c(c4)c56)cc4c5ccccc5n(c34)C2C=C1. The van der Waals surface area contributed by atoms with Crippen molar-refractivity contribution in [3.63, 3.8) is 0 Å². The maximum absolute atomic E-state index is 2.58. The van der Waals surface area contributed by atoms with E-state index in [9.17, 15) is 0 Å². The van der Waals surface area contributed by atoms with Crippen LogP contribution in [0, 0.1) is 0 Å². The monoisotopic (exact) mass is 558 g/mol. The third-order valence-electron chi connectivity index (χ3n) is 10.3. The van der Waals surface area contributed by atoms with Crippen molar-refractivity contribution in [3.05, 3.63) is 151 Å². The fourth-order valence-electron chi connectivity index (χ4n) is 8.50. The molecule has 0 spiro atoms. The summed E-state index contributed by atoms with van der Waals surface area (Å²) in [7, 11) is 0. The Kier molecular flexibility index (Phi) is 4.20. The van der Waals surface area contributed by atoms with Gasteiger partial charge in [-0.25, -0.2) is 0 Å². The van der Waals surface area contributed by atoms with Gasteiger partial charge in [0.2, 0.25) is 0 Å². The van der Waals surface area contributed by atoms with Crippen LogP contribution in [-0.4, -0.2) is 8.97 Å². The van der Waals surface area contributed by atoms with Crippen LogP contribution in [0.15, 0.2) is 146 Å². The number of hydrogen-bond donors (Lipinski definition) is 0. The summed E-state index contributed by atoms with van der Waals surface area (Å²) < 4.78 is 5.06. The Morgan fingerprint density at radius 3 is 1.86 bits per heavy atom. The third kappa shape index (κ3) is 2.77. The van der Waals surface area contributed by atoms with Crippen LogP contribution in [0.1, 0.15) is 17.5 Å². The zero-order valence-electron chi connectivity index (χ0n) is 23.9. The van der Waals surface area contributed by atoms with E-state index in [0.29, 0.717) is 12.0 Å². The van der Waals surface area contributed by atoms with Crippen molar-refractivity contribution >= 4 is 59.9 Å². The Balaban J connectivity index is 1.25. The molecular formula is C42H26N2. The molecule has 1 aliphatic carbocycles. The Labute approximate surface area is 253 Å². The van der Waals surface area contributed by atoms with Gasteiger partial charge in [0, 0.05) is 43.8 Å². The highest BCUT2D eigenvalue weighted by molar-refractivity contribution is 6.25. The van der Waals surface area contributed by atoms with Gasteiger partial charge in [-0.05, 0) is 76.3 Å². The summed E-state index contributed by atoms with van der Waals surface area (Å²) in [4.78, 5) is 0. The van der Waals surface area contributed by atoms with Crippen molar-refractivity contribution in [2.24, 2.45) is 0 Å². The fourth-order valence-corrected chi connectivity index (χ4v) is 8.50. The van der Waals surface area contributed by atoms with Gasteiger partial charge >= 0.3 is 0 Å². The second-order valence-corrected chi connectivity index (χ2v) is 12.5. The summed E-state index contributed by atoms with van der Waals surface area (Å²) in [5, 5.41) is 7.95. The predicted octanol–water partition coefficient (Wildman–Crippen LogP) is 11.0. The second kappa shape index (κ2) is 8.06. The van der Waals surface area contributed by atoms with Gasteiger partial charge in [0.25, 0.3) is 0 Å². The molecule has 204 valence electrons. The van der Waals surface area contributed by atoms with Gasteiger partial charge in [0.15, 0.2) is 0 Å². The van der Waals surface area contributed by atoms with Crippen LogP contribution in [0.3, 0.4) is 0 Å². The fraction of sp³-hybridized carbons (Fsp3) is 0.0476. The average molecular weight is 559 g/mol. The van der Waals surface area contributed by atoms with E-state index < -0.39 is 0 Å². The van der Waals surface area contributed by atoms with Crippen molar-refractivity contribution in [2.75, 3.05) is 0 Å². The van der Waals surface area contributed by atoms with Crippen LogP contribution >= 0.6 is 0 Å². The summed E-state index contributed by atoms with van der Waals surface area (Å²) in [6.07, 6.45) is 9.19.